The minimum atomic E-state index is 0.394. The number of nitrogens with two attached hydrogens (primary N) is 1. The summed E-state index contributed by atoms with van der Waals surface area (Å²) in [5.41, 5.74) is 4.77. The molecule has 2 nitrogen and oxygen atoms in total. The summed E-state index contributed by atoms with van der Waals surface area (Å²) in [6.45, 7) is 0. The predicted molar refractivity (Wildman–Crippen MR) is 86.8 cm³/mol. The highest BCUT2D eigenvalue weighted by Gasteiger charge is 2.26. The SMILES string of the molecule is NNC(c1cc2c(s1)CCCCC2)C1CCCCCC1. The van der Waals surface area contributed by atoms with E-state index >= 15 is 0 Å². The van der Waals surface area contributed by atoms with E-state index in [1.807, 2.05) is 11.3 Å². The zero-order valence-electron chi connectivity index (χ0n) is 12.5. The molecule has 1 aromatic heterocycles. The van der Waals surface area contributed by atoms with Gasteiger partial charge in [-0.15, -0.1) is 11.3 Å². The minimum Gasteiger partial charge on any atom is -0.271 e. The Morgan fingerprint density at radius 1 is 1.00 bits per heavy atom. The molecule has 3 heteroatoms. The average molecular weight is 292 g/mol. The lowest BCUT2D eigenvalue weighted by Gasteiger charge is -2.24. The van der Waals surface area contributed by atoms with E-state index in [4.69, 9.17) is 5.84 Å². The maximum Gasteiger partial charge on any atom is 0.0581 e. The lowest BCUT2D eigenvalue weighted by molar-refractivity contribution is 0.333. The molecule has 0 amide bonds. The number of hydrogen-bond donors (Lipinski definition) is 2. The van der Waals surface area contributed by atoms with Crippen LogP contribution >= 0.6 is 11.3 Å². The third-order valence-electron chi connectivity index (χ3n) is 5.12. The van der Waals surface area contributed by atoms with E-state index in [9.17, 15) is 0 Å². The summed E-state index contributed by atoms with van der Waals surface area (Å²) in [5.74, 6) is 6.67. The molecule has 2 aliphatic rings. The van der Waals surface area contributed by atoms with Crippen molar-refractivity contribution in [2.24, 2.45) is 11.8 Å². The molecule has 112 valence electrons. The number of hydrogen-bond acceptors (Lipinski definition) is 3. The lowest BCUT2D eigenvalue weighted by atomic mass is 9.91. The van der Waals surface area contributed by atoms with Gasteiger partial charge in [0.1, 0.15) is 0 Å². The second-order valence-electron chi connectivity index (χ2n) is 6.55. The molecule has 0 bridgehead atoms. The zero-order chi connectivity index (χ0) is 13.8. The van der Waals surface area contributed by atoms with Crippen LogP contribution in [0.25, 0.3) is 0 Å². The number of nitrogens with one attached hydrogen (secondary N) is 1. The summed E-state index contributed by atoms with van der Waals surface area (Å²) in [4.78, 5) is 3.15. The molecular weight excluding hydrogens is 264 g/mol. The second kappa shape index (κ2) is 7.06. The van der Waals surface area contributed by atoms with Gasteiger partial charge in [-0.2, -0.15) is 0 Å². The first-order chi connectivity index (χ1) is 9.88. The van der Waals surface area contributed by atoms with Gasteiger partial charge in [0.25, 0.3) is 0 Å². The predicted octanol–water partition coefficient (Wildman–Crippen LogP) is 4.49. The van der Waals surface area contributed by atoms with Crippen LogP contribution in [0, 0.1) is 5.92 Å². The first kappa shape index (κ1) is 14.6. The number of aryl methyl sites for hydroxylation is 2. The van der Waals surface area contributed by atoms with Crippen molar-refractivity contribution in [2.45, 2.75) is 76.7 Å². The summed E-state index contributed by atoms with van der Waals surface area (Å²) in [7, 11) is 0. The molecule has 1 saturated carbocycles. The quantitative estimate of drug-likeness (QED) is 0.373. The molecule has 0 aromatic carbocycles. The monoisotopic (exact) mass is 292 g/mol. The average Bonchev–Trinajstić information content (AvgIpc) is 2.66. The zero-order valence-corrected chi connectivity index (χ0v) is 13.3. The largest absolute Gasteiger partial charge is 0.271 e. The molecule has 0 radical (unpaired) electrons. The van der Waals surface area contributed by atoms with Gasteiger partial charge in [0.05, 0.1) is 6.04 Å². The Morgan fingerprint density at radius 3 is 2.45 bits per heavy atom. The summed E-state index contributed by atoms with van der Waals surface area (Å²) < 4.78 is 0. The van der Waals surface area contributed by atoms with Crippen LogP contribution in [0.3, 0.4) is 0 Å². The van der Waals surface area contributed by atoms with Crippen molar-refractivity contribution in [2.75, 3.05) is 0 Å². The molecule has 3 N–H and O–H groups in total. The highest BCUT2D eigenvalue weighted by molar-refractivity contribution is 7.12. The van der Waals surface area contributed by atoms with Gasteiger partial charge in [0.15, 0.2) is 0 Å². The van der Waals surface area contributed by atoms with Crippen LogP contribution in [-0.2, 0) is 12.8 Å². The van der Waals surface area contributed by atoms with Crippen molar-refractivity contribution in [1.82, 2.24) is 5.43 Å². The highest BCUT2D eigenvalue weighted by Crippen LogP contribution is 2.38. The Morgan fingerprint density at radius 2 is 1.70 bits per heavy atom. The van der Waals surface area contributed by atoms with Crippen molar-refractivity contribution in [3.8, 4) is 0 Å². The Kier molecular flexibility index (Phi) is 5.14. The van der Waals surface area contributed by atoms with E-state index in [2.05, 4.69) is 11.5 Å². The molecule has 0 aliphatic heterocycles. The van der Waals surface area contributed by atoms with E-state index in [1.54, 1.807) is 10.4 Å². The molecule has 1 heterocycles. The Hall–Kier alpha value is -0.380. The van der Waals surface area contributed by atoms with E-state index in [-0.39, 0.29) is 0 Å². The van der Waals surface area contributed by atoms with Crippen LogP contribution in [0.1, 0.15) is 79.1 Å². The van der Waals surface area contributed by atoms with Crippen LogP contribution in [0.2, 0.25) is 0 Å². The van der Waals surface area contributed by atoms with E-state index in [0.717, 1.165) is 5.92 Å². The van der Waals surface area contributed by atoms with Crippen LogP contribution in [0.15, 0.2) is 6.07 Å². The van der Waals surface area contributed by atoms with E-state index in [1.165, 1.54) is 75.5 Å². The molecular formula is C17H28N2S. The summed E-state index contributed by atoms with van der Waals surface area (Å²) in [5, 5.41) is 0. The fourth-order valence-electron chi connectivity index (χ4n) is 3.94. The van der Waals surface area contributed by atoms with Crippen molar-refractivity contribution >= 4 is 11.3 Å². The molecule has 1 unspecified atom stereocenters. The molecule has 2 aliphatic carbocycles. The Labute approximate surface area is 127 Å². The second-order valence-corrected chi connectivity index (χ2v) is 7.72. The Balaban J connectivity index is 1.78. The molecule has 3 rings (SSSR count). The summed E-state index contributed by atoms with van der Waals surface area (Å²) >= 11 is 2.04. The molecule has 1 aromatic rings. The lowest BCUT2D eigenvalue weighted by Crippen LogP contribution is -2.33. The maximum absolute atomic E-state index is 5.93. The number of thiophene rings is 1. The van der Waals surface area contributed by atoms with Crippen molar-refractivity contribution in [3.63, 3.8) is 0 Å². The van der Waals surface area contributed by atoms with Crippen LogP contribution < -0.4 is 11.3 Å². The van der Waals surface area contributed by atoms with Gasteiger partial charge in [-0.05, 0) is 56.1 Å². The molecule has 20 heavy (non-hydrogen) atoms. The van der Waals surface area contributed by atoms with E-state index in [0.29, 0.717) is 6.04 Å². The topological polar surface area (TPSA) is 38.0 Å². The normalized spacial score (nSPS) is 22.9. The summed E-state index contributed by atoms with van der Waals surface area (Å²) in [6.07, 6.45) is 15.0. The molecule has 0 saturated heterocycles. The van der Waals surface area contributed by atoms with Gasteiger partial charge in [-0.1, -0.05) is 32.1 Å². The first-order valence-electron chi connectivity index (χ1n) is 8.46. The maximum atomic E-state index is 5.93. The van der Waals surface area contributed by atoms with Gasteiger partial charge in [0, 0.05) is 9.75 Å². The summed E-state index contributed by atoms with van der Waals surface area (Å²) in [6, 6.07) is 2.87. The van der Waals surface area contributed by atoms with Gasteiger partial charge in [-0.25, -0.2) is 0 Å². The van der Waals surface area contributed by atoms with Crippen molar-refractivity contribution in [1.29, 1.82) is 0 Å². The van der Waals surface area contributed by atoms with Gasteiger partial charge in [0.2, 0.25) is 0 Å². The fourth-order valence-corrected chi connectivity index (χ4v) is 5.35. The van der Waals surface area contributed by atoms with Crippen LogP contribution in [-0.4, -0.2) is 0 Å². The fraction of sp³-hybridized carbons (Fsp3) is 0.765. The highest BCUT2D eigenvalue weighted by atomic mass is 32.1. The van der Waals surface area contributed by atoms with Gasteiger partial charge >= 0.3 is 0 Å². The van der Waals surface area contributed by atoms with Crippen molar-refractivity contribution in [3.05, 3.63) is 21.4 Å². The smallest absolute Gasteiger partial charge is 0.0581 e. The standard InChI is InChI=1S/C17H28N2S/c18-19-17(13-8-4-1-2-5-9-13)16-12-14-10-6-3-7-11-15(14)20-16/h12-13,17,19H,1-11,18H2. The minimum absolute atomic E-state index is 0.394. The van der Waals surface area contributed by atoms with Gasteiger partial charge in [-0.3, -0.25) is 11.3 Å². The van der Waals surface area contributed by atoms with E-state index < -0.39 is 0 Å². The van der Waals surface area contributed by atoms with Crippen molar-refractivity contribution < 1.29 is 0 Å². The molecule has 1 atom stereocenters. The number of fused-ring (bicyclic) bond motifs is 1. The molecule has 0 spiro atoms. The molecule has 1 fully saturated rings. The van der Waals surface area contributed by atoms with Crippen LogP contribution in [0.4, 0.5) is 0 Å². The Bertz CT molecular complexity index is 395. The van der Waals surface area contributed by atoms with Gasteiger partial charge < -0.3 is 0 Å². The number of hydrazine groups is 1. The first-order valence-corrected chi connectivity index (χ1v) is 9.28. The third-order valence-corrected chi connectivity index (χ3v) is 6.44. The third kappa shape index (κ3) is 3.26. The van der Waals surface area contributed by atoms with Crippen LogP contribution in [0.5, 0.6) is 0 Å². The number of rotatable bonds is 3.